The number of nitrogens with one attached hydrogen (secondary N) is 1. The molecule has 2 saturated carbocycles. The first-order valence-corrected chi connectivity index (χ1v) is 20.5. The summed E-state index contributed by atoms with van der Waals surface area (Å²) in [6.45, 7) is 11.7. The van der Waals surface area contributed by atoms with Gasteiger partial charge in [0.1, 0.15) is 23.9 Å². The molecule has 0 aromatic heterocycles. The molecule has 0 spiro atoms. The minimum absolute atomic E-state index is 0.0121. The molecule has 15 heteroatoms. The summed E-state index contributed by atoms with van der Waals surface area (Å²) >= 11 is 0. The van der Waals surface area contributed by atoms with Gasteiger partial charge in [0, 0.05) is 37.2 Å². The average Bonchev–Trinajstić information content (AvgIpc) is 3.23. The number of allylic oxidation sites excluding steroid dienone is 1. The minimum atomic E-state index is -2.38. The van der Waals surface area contributed by atoms with E-state index in [1.165, 1.54) is 32.9 Å². The van der Waals surface area contributed by atoms with Gasteiger partial charge in [-0.3, -0.25) is 19.2 Å². The summed E-state index contributed by atoms with van der Waals surface area (Å²) in [5.74, 6) is -6.67. The molecule has 3 fully saturated rings. The normalized spacial score (nSPS) is 32.6. The van der Waals surface area contributed by atoms with Crippen LogP contribution in [0.3, 0.4) is 0 Å². The number of ether oxygens (including phenoxy) is 5. The van der Waals surface area contributed by atoms with Crippen molar-refractivity contribution in [3.05, 3.63) is 94.6 Å². The Labute approximate surface area is 354 Å². The SMILES string of the molecule is C/C=C(\C)C(=O)N[C@@H](c1ccccc1)[C@@H](O)C(=O)O[C@H]1C[C@@]2(O)[C@@H](OC(=O)c3ccccc3)C3[C@](C)(C(=O)[C@H](OC(=O)CC)C(=C1C)C2(C)C)[C@@H](O)C[C@H]1OC[C@@]31OC(C)=O. The molecule has 11 atom stereocenters. The molecule has 2 aromatic carbocycles. The highest BCUT2D eigenvalue weighted by atomic mass is 16.6. The predicted molar refractivity (Wildman–Crippen MR) is 216 cm³/mol. The molecule has 15 nitrogen and oxygen atoms in total. The molecule has 3 aliphatic carbocycles. The lowest BCUT2D eigenvalue weighted by Gasteiger charge is -2.67. The zero-order valence-electron chi connectivity index (χ0n) is 35.6. The molecule has 1 unspecified atom stereocenters. The molecule has 328 valence electrons. The minimum Gasteiger partial charge on any atom is -0.456 e. The number of carbonyl (C=O) groups excluding carboxylic acids is 6. The summed E-state index contributed by atoms with van der Waals surface area (Å²) in [5, 5.41) is 40.2. The van der Waals surface area contributed by atoms with E-state index in [4.69, 9.17) is 23.7 Å². The van der Waals surface area contributed by atoms with Gasteiger partial charge in [0.15, 0.2) is 23.6 Å². The van der Waals surface area contributed by atoms with Crippen molar-refractivity contribution < 1.29 is 67.8 Å². The number of hydrogen-bond acceptors (Lipinski definition) is 14. The Morgan fingerprint density at radius 2 is 1.59 bits per heavy atom. The van der Waals surface area contributed by atoms with Crippen LogP contribution < -0.4 is 5.32 Å². The summed E-state index contributed by atoms with van der Waals surface area (Å²) in [5.41, 5.74) is -6.89. The van der Waals surface area contributed by atoms with Crippen LogP contribution in [0.5, 0.6) is 0 Å². The van der Waals surface area contributed by atoms with Gasteiger partial charge < -0.3 is 44.3 Å². The number of amides is 1. The van der Waals surface area contributed by atoms with Gasteiger partial charge in [0.05, 0.1) is 35.6 Å². The summed E-state index contributed by atoms with van der Waals surface area (Å²) in [6, 6.07) is 14.8. The molecular formula is C46H55NO14. The van der Waals surface area contributed by atoms with E-state index in [-0.39, 0.29) is 36.2 Å². The first kappa shape index (κ1) is 45.3. The van der Waals surface area contributed by atoms with Gasteiger partial charge >= 0.3 is 23.9 Å². The maximum absolute atomic E-state index is 15.6. The van der Waals surface area contributed by atoms with Crippen molar-refractivity contribution in [2.45, 2.75) is 129 Å². The quantitative estimate of drug-likeness (QED) is 0.110. The molecule has 1 heterocycles. The predicted octanol–water partition coefficient (Wildman–Crippen LogP) is 3.78. The van der Waals surface area contributed by atoms with E-state index in [1.54, 1.807) is 82.3 Å². The van der Waals surface area contributed by atoms with Crippen molar-refractivity contribution in [3.63, 3.8) is 0 Å². The zero-order valence-corrected chi connectivity index (χ0v) is 35.6. The van der Waals surface area contributed by atoms with Gasteiger partial charge in [-0.2, -0.15) is 0 Å². The van der Waals surface area contributed by atoms with Crippen molar-refractivity contribution in [2.75, 3.05) is 6.61 Å². The second-order valence-electron chi connectivity index (χ2n) is 17.2. The van der Waals surface area contributed by atoms with Crippen LogP contribution in [0.25, 0.3) is 0 Å². The number of aliphatic hydroxyl groups excluding tert-OH is 2. The maximum atomic E-state index is 15.6. The largest absolute Gasteiger partial charge is 0.456 e. The van der Waals surface area contributed by atoms with Crippen molar-refractivity contribution in [1.82, 2.24) is 5.32 Å². The fraction of sp³-hybridized carbons (Fsp3) is 0.522. The number of aliphatic hydroxyl groups is 3. The van der Waals surface area contributed by atoms with Crippen LogP contribution in [0.2, 0.25) is 0 Å². The highest BCUT2D eigenvalue weighted by Crippen LogP contribution is 2.64. The Kier molecular flexibility index (Phi) is 12.6. The molecule has 2 bridgehead atoms. The Bertz CT molecular complexity index is 2130. The van der Waals surface area contributed by atoms with E-state index in [2.05, 4.69) is 5.32 Å². The van der Waals surface area contributed by atoms with Gasteiger partial charge in [-0.25, -0.2) is 9.59 Å². The second-order valence-corrected chi connectivity index (χ2v) is 17.2. The van der Waals surface area contributed by atoms with Gasteiger partial charge in [0.25, 0.3) is 0 Å². The number of benzene rings is 2. The third-order valence-electron chi connectivity index (χ3n) is 13.5. The summed E-state index contributed by atoms with van der Waals surface area (Å²) in [4.78, 5) is 83.5. The fourth-order valence-electron chi connectivity index (χ4n) is 9.80. The lowest BCUT2D eigenvalue weighted by molar-refractivity contribution is -0.346. The average molecular weight is 846 g/mol. The molecule has 4 N–H and O–H groups in total. The molecular weight excluding hydrogens is 790 g/mol. The zero-order chi connectivity index (χ0) is 44.8. The van der Waals surface area contributed by atoms with Gasteiger partial charge in [-0.05, 0) is 56.5 Å². The van der Waals surface area contributed by atoms with E-state index >= 15 is 4.79 Å². The number of Topliss-reactive ketones (excluding diaryl/α,β-unsaturated/α-hetero) is 1. The van der Waals surface area contributed by atoms with Gasteiger partial charge in [0.2, 0.25) is 5.91 Å². The third-order valence-corrected chi connectivity index (χ3v) is 13.5. The number of fused-ring (bicyclic) bond motifs is 5. The monoisotopic (exact) mass is 845 g/mol. The number of ketones is 1. The summed E-state index contributed by atoms with van der Waals surface area (Å²) < 4.78 is 30.4. The number of rotatable bonds is 11. The summed E-state index contributed by atoms with van der Waals surface area (Å²) in [7, 11) is 0. The lowest BCUT2D eigenvalue weighted by Crippen LogP contribution is -2.82. The van der Waals surface area contributed by atoms with Crippen molar-refractivity contribution in [2.24, 2.45) is 16.7 Å². The molecule has 1 saturated heterocycles. The highest BCUT2D eigenvalue weighted by molar-refractivity contribution is 5.96. The Balaban J connectivity index is 1.56. The van der Waals surface area contributed by atoms with Crippen LogP contribution in [0.4, 0.5) is 0 Å². The standard InChI is InChI=1S/C46H55NO14/c1-9-24(3)40(53)47-34(27-17-13-11-14-18-27)35(51)42(55)58-29-22-46(56)39(60-41(54)28-19-15-12-16-20-28)37-44(8,30(49)21-31-45(37,23-57-31)61-26(5)48)38(52)36(59-32(50)10-2)33(25(29)4)43(46,6)7/h9,11-20,29-31,34-37,39,49,51,56H,10,21-23H2,1-8H3,(H,47,53)/b24-9+/t29-,30-,31+,34-,35+,36+,37?,39-,44+,45-,46+/m0/s1. The first-order chi connectivity index (χ1) is 28.7. The summed E-state index contributed by atoms with van der Waals surface area (Å²) in [6.07, 6.45) is -9.04. The lowest BCUT2D eigenvalue weighted by atomic mass is 9.44. The Morgan fingerprint density at radius 1 is 0.967 bits per heavy atom. The molecule has 0 radical (unpaired) electrons. The van der Waals surface area contributed by atoms with Gasteiger partial charge in [-0.1, -0.05) is 75.4 Å². The molecule has 6 rings (SSSR count). The Hall–Kier alpha value is -5.22. The molecule has 2 aromatic rings. The molecule has 4 aliphatic rings. The number of hydrogen-bond donors (Lipinski definition) is 4. The van der Waals surface area contributed by atoms with Crippen LogP contribution in [0.15, 0.2) is 83.5 Å². The van der Waals surface area contributed by atoms with Crippen molar-refractivity contribution in [1.29, 1.82) is 0 Å². The molecule has 61 heavy (non-hydrogen) atoms. The van der Waals surface area contributed by atoms with E-state index in [0.717, 1.165) is 6.92 Å². The van der Waals surface area contributed by atoms with Crippen LogP contribution >= 0.6 is 0 Å². The molecule has 1 amide bonds. The smallest absolute Gasteiger partial charge is 0.338 e. The highest BCUT2D eigenvalue weighted by Gasteiger charge is 2.78. The van der Waals surface area contributed by atoms with Crippen molar-refractivity contribution in [3.8, 4) is 0 Å². The van der Waals surface area contributed by atoms with E-state index < -0.39 is 113 Å². The number of carbonyl (C=O) groups is 6. The first-order valence-electron chi connectivity index (χ1n) is 20.5. The van der Waals surface area contributed by atoms with E-state index in [1.807, 2.05) is 0 Å². The van der Waals surface area contributed by atoms with Crippen LogP contribution in [0, 0.1) is 16.7 Å². The topological polar surface area (TPSA) is 221 Å². The van der Waals surface area contributed by atoms with Crippen LogP contribution in [-0.2, 0) is 47.7 Å². The Morgan fingerprint density at radius 3 is 2.15 bits per heavy atom. The van der Waals surface area contributed by atoms with Crippen LogP contribution in [-0.4, -0.2) is 105 Å². The van der Waals surface area contributed by atoms with Crippen LogP contribution in [0.1, 0.15) is 96.6 Å². The van der Waals surface area contributed by atoms with E-state index in [0.29, 0.717) is 11.1 Å². The third kappa shape index (κ3) is 7.59. The van der Waals surface area contributed by atoms with Crippen molar-refractivity contribution >= 4 is 35.6 Å². The van der Waals surface area contributed by atoms with E-state index in [9.17, 15) is 39.3 Å². The molecule has 1 aliphatic heterocycles. The fourth-order valence-corrected chi connectivity index (χ4v) is 9.80. The van der Waals surface area contributed by atoms with Gasteiger partial charge in [-0.15, -0.1) is 0 Å². The maximum Gasteiger partial charge on any atom is 0.338 e. The number of esters is 4. The second kappa shape index (κ2) is 16.9.